The monoisotopic (exact) mass is 323 g/mol. The zero-order valence-corrected chi connectivity index (χ0v) is 13.2. The van der Waals surface area contributed by atoms with Gasteiger partial charge in [0.05, 0.1) is 22.8 Å². The Hall–Kier alpha value is -2.80. The summed E-state index contributed by atoms with van der Waals surface area (Å²) < 4.78 is 7.59. The third-order valence-electron chi connectivity index (χ3n) is 4.30. The highest BCUT2D eigenvalue weighted by Gasteiger charge is 2.33. The zero-order valence-electron chi connectivity index (χ0n) is 13.2. The van der Waals surface area contributed by atoms with Crippen LogP contribution in [-0.2, 0) is 11.8 Å². The number of nitrogens with one attached hydrogen (secondary N) is 1. The van der Waals surface area contributed by atoms with Crippen molar-refractivity contribution >= 4 is 16.9 Å². The lowest BCUT2D eigenvalue weighted by Crippen LogP contribution is -2.37. The molecule has 3 heterocycles. The first-order chi connectivity index (χ1) is 11.7. The van der Waals surface area contributed by atoms with E-state index in [1.54, 1.807) is 29.3 Å². The number of rotatable bonds is 3. The van der Waals surface area contributed by atoms with E-state index in [1.165, 1.54) is 0 Å². The molecular formula is C17H17N5O2. The molecule has 1 N–H and O–H groups in total. The first-order valence-electron chi connectivity index (χ1n) is 7.84. The smallest absolute Gasteiger partial charge is 0.253 e. The molecule has 7 heteroatoms. The van der Waals surface area contributed by atoms with Crippen molar-refractivity contribution in [1.29, 1.82) is 0 Å². The standard InChI is InChI=1S/C17H17N5O2/c1-22-14(5-7-20-22)16-13(6-10-24-16)21-17(23)11-3-2-4-12-15(11)19-9-8-18-12/h2-5,7-9,13,16H,6,10H2,1H3,(H,21,23)/t13-,16-/m0/s1. The van der Waals surface area contributed by atoms with Gasteiger partial charge in [0.2, 0.25) is 0 Å². The molecule has 0 bridgehead atoms. The van der Waals surface area contributed by atoms with Gasteiger partial charge in [0.25, 0.3) is 5.91 Å². The summed E-state index contributed by atoms with van der Waals surface area (Å²) >= 11 is 0. The summed E-state index contributed by atoms with van der Waals surface area (Å²) in [4.78, 5) is 21.3. The van der Waals surface area contributed by atoms with Crippen LogP contribution in [0, 0.1) is 0 Å². The molecule has 122 valence electrons. The maximum absolute atomic E-state index is 12.8. The van der Waals surface area contributed by atoms with E-state index >= 15 is 0 Å². The third-order valence-corrected chi connectivity index (χ3v) is 4.30. The zero-order chi connectivity index (χ0) is 16.5. The van der Waals surface area contributed by atoms with Gasteiger partial charge in [0.15, 0.2) is 0 Å². The van der Waals surface area contributed by atoms with Crippen molar-refractivity contribution in [3.8, 4) is 0 Å². The molecule has 4 rings (SSSR count). The lowest BCUT2D eigenvalue weighted by atomic mass is 10.1. The van der Waals surface area contributed by atoms with Crippen molar-refractivity contribution in [3.63, 3.8) is 0 Å². The molecule has 0 unspecified atom stereocenters. The summed E-state index contributed by atoms with van der Waals surface area (Å²) in [5.74, 6) is -0.163. The van der Waals surface area contributed by atoms with Crippen molar-refractivity contribution in [2.24, 2.45) is 7.05 Å². The van der Waals surface area contributed by atoms with Crippen LogP contribution in [0.25, 0.3) is 11.0 Å². The van der Waals surface area contributed by atoms with Gasteiger partial charge >= 0.3 is 0 Å². The van der Waals surface area contributed by atoms with E-state index in [9.17, 15) is 4.79 Å². The molecule has 1 fully saturated rings. The molecule has 0 saturated carbocycles. The van der Waals surface area contributed by atoms with Crippen molar-refractivity contribution in [2.45, 2.75) is 18.6 Å². The number of ether oxygens (including phenoxy) is 1. The number of aromatic nitrogens is 4. The van der Waals surface area contributed by atoms with E-state index in [0.717, 1.165) is 12.1 Å². The summed E-state index contributed by atoms with van der Waals surface area (Å²) in [5, 5.41) is 7.26. The lowest BCUT2D eigenvalue weighted by molar-refractivity contribution is 0.0793. The number of carbonyl (C=O) groups excluding carboxylic acids is 1. The van der Waals surface area contributed by atoms with Crippen LogP contribution < -0.4 is 5.32 Å². The average molecular weight is 323 g/mol. The summed E-state index contributed by atoms with van der Waals surface area (Å²) in [6, 6.07) is 7.24. The molecular weight excluding hydrogens is 306 g/mol. The molecule has 1 aromatic carbocycles. The van der Waals surface area contributed by atoms with Crippen LogP contribution in [-0.4, -0.2) is 38.3 Å². The van der Waals surface area contributed by atoms with Gasteiger partial charge in [-0.3, -0.25) is 19.4 Å². The molecule has 24 heavy (non-hydrogen) atoms. The molecule has 2 aromatic heterocycles. The number of fused-ring (bicyclic) bond motifs is 1. The van der Waals surface area contributed by atoms with E-state index in [1.807, 2.05) is 25.2 Å². The molecule has 2 atom stereocenters. The Morgan fingerprint density at radius 3 is 2.96 bits per heavy atom. The van der Waals surface area contributed by atoms with Crippen LogP contribution in [0.15, 0.2) is 42.9 Å². The van der Waals surface area contributed by atoms with Crippen LogP contribution in [0.2, 0.25) is 0 Å². The van der Waals surface area contributed by atoms with Gasteiger partial charge in [-0.15, -0.1) is 0 Å². The molecule has 0 aliphatic carbocycles. The summed E-state index contributed by atoms with van der Waals surface area (Å²) in [6.07, 6.45) is 5.51. The van der Waals surface area contributed by atoms with Crippen LogP contribution in [0.1, 0.15) is 28.6 Å². The minimum absolute atomic E-state index is 0.0974. The molecule has 1 aliphatic heterocycles. The fourth-order valence-corrected chi connectivity index (χ4v) is 3.11. The molecule has 1 saturated heterocycles. The molecule has 0 spiro atoms. The second-order valence-electron chi connectivity index (χ2n) is 5.77. The van der Waals surface area contributed by atoms with Gasteiger partial charge in [-0.1, -0.05) is 6.07 Å². The van der Waals surface area contributed by atoms with Crippen LogP contribution >= 0.6 is 0 Å². The Labute approximate surface area is 138 Å². The van der Waals surface area contributed by atoms with Gasteiger partial charge in [-0.25, -0.2) is 0 Å². The fourth-order valence-electron chi connectivity index (χ4n) is 3.11. The van der Waals surface area contributed by atoms with Gasteiger partial charge in [-0.2, -0.15) is 5.10 Å². The van der Waals surface area contributed by atoms with Gasteiger partial charge < -0.3 is 10.1 Å². The van der Waals surface area contributed by atoms with Gasteiger partial charge in [-0.05, 0) is 24.6 Å². The summed E-state index contributed by atoms with van der Waals surface area (Å²) in [7, 11) is 1.87. The topological polar surface area (TPSA) is 81.9 Å². The quantitative estimate of drug-likeness (QED) is 0.792. The molecule has 1 amide bonds. The van der Waals surface area contributed by atoms with Crippen molar-refractivity contribution in [2.75, 3.05) is 6.61 Å². The molecule has 0 radical (unpaired) electrons. The predicted molar refractivity (Wildman–Crippen MR) is 87.3 cm³/mol. The van der Waals surface area contributed by atoms with E-state index < -0.39 is 0 Å². The maximum Gasteiger partial charge on any atom is 0.253 e. The van der Waals surface area contributed by atoms with Gasteiger partial charge in [0.1, 0.15) is 11.6 Å². The fraction of sp³-hybridized carbons (Fsp3) is 0.294. The Kier molecular flexibility index (Phi) is 3.70. The maximum atomic E-state index is 12.8. The van der Waals surface area contributed by atoms with Gasteiger partial charge in [0, 0.05) is 32.2 Å². The number of carbonyl (C=O) groups is 1. The second kappa shape index (κ2) is 6.01. The van der Waals surface area contributed by atoms with E-state index in [4.69, 9.17) is 4.74 Å². The van der Waals surface area contributed by atoms with E-state index in [0.29, 0.717) is 23.2 Å². The first-order valence-corrected chi connectivity index (χ1v) is 7.84. The third kappa shape index (κ3) is 2.52. The minimum Gasteiger partial charge on any atom is -0.370 e. The van der Waals surface area contributed by atoms with Crippen molar-refractivity contribution in [1.82, 2.24) is 25.1 Å². The Balaban J connectivity index is 1.60. The Morgan fingerprint density at radius 1 is 1.25 bits per heavy atom. The minimum atomic E-state index is -0.192. The van der Waals surface area contributed by atoms with E-state index in [2.05, 4.69) is 20.4 Å². The van der Waals surface area contributed by atoms with Crippen molar-refractivity contribution in [3.05, 3.63) is 54.1 Å². The number of amides is 1. The number of nitrogens with zero attached hydrogens (tertiary/aromatic N) is 4. The SMILES string of the molecule is Cn1nccc1[C@H]1OCC[C@@H]1NC(=O)c1cccc2nccnc12. The lowest BCUT2D eigenvalue weighted by Gasteiger charge is -2.20. The number of benzene rings is 1. The number of hydrogen-bond acceptors (Lipinski definition) is 5. The Bertz CT molecular complexity index is 886. The van der Waals surface area contributed by atoms with Crippen LogP contribution in [0.3, 0.4) is 0 Å². The second-order valence-corrected chi connectivity index (χ2v) is 5.77. The van der Waals surface area contributed by atoms with E-state index in [-0.39, 0.29) is 18.1 Å². The van der Waals surface area contributed by atoms with Crippen LogP contribution in [0.5, 0.6) is 0 Å². The number of aryl methyl sites for hydroxylation is 1. The Morgan fingerprint density at radius 2 is 2.12 bits per heavy atom. The first kappa shape index (κ1) is 14.8. The average Bonchev–Trinajstić information content (AvgIpc) is 3.22. The predicted octanol–water partition coefficient (Wildman–Crippen LogP) is 1.62. The van der Waals surface area contributed by atoms with Crippen molar-refractivity contribution < 1.29 is 9.53 Å². The normalized spacial score (nSPS) is 20.4. The molecule has 1 aliphatic rings. The number of hydrogen-bond donors (Lipinski definition) is 1. The molecule has 7 nitrogen and oxygen atoms in total. The summed E-state index contributed by atoms with van der Waals surface area (Å²) in [5.41, 5.74) is 2.79. The molecule has 3 aromatic rings. The highest BCUT2D eigenvalue weighted by Crippen LogP contribution is 2.29. The van der Waals surface area contributed by atoms with Crippen LogP contribution in [0.4, 0.5) is 0 Å². The largest absolute Gasteiger partial charge is 0.370 e. The number of para-hydroxylation sites is 1. The highest BCUT2D eigenvalue weighted by molar-refractivity contribution is 6.04. The highest BCUT2D eigenvalue weighted by atomic mass is 16.5. The summed E-state index contributed by atoms with van der Waals surface area (Å²) in [6.45, 7) is 0.607.